The summed E-state index contributed by atoms with van der Waals surface area (Å²) in [6, 6.07) is 7.42. The van der Waals surface area contributed by atoms with E-state index in [1.54, 1.807) is 0 Å². The third-order valence-electron chi connectivity index (χ3n) is 2.76. The summed E-state index contributed by atoms with van der Waals surface area (Å²) in [4.78, 5) is 0. The number of aliphatic hydroxyl groups excluding tert-OH is 1. The van der Waals surface area contributed by atoms with Crippen molar-refractivity contribution in [2.45, 2.75) is 37.9 Å². The monoisotopic (exact) mass is 226 g/mol. The summed E-state index contributed by atoms with van der Waals surface area (Å²) in [5.74, 6) is 0.862. The molecule has 0 bridgehead atoms. The predicted molar refractivity (Wildman–Crippen MR) is 60.3 cm³/mol. The summed E-state index contributed by atoms with van der Waals surface area (Å²) in [7, 11) is 0. The molecule has 0 aromatic heterocycles. The van der Waals surface area contributed by atoms with Gasteiger partial charge in [0.2, 0.25) is 0 Å². The average Bonchev–Trinajstić information content (AvgIpc) is 2.25. The van der Waals surface area contributed by atoms with Crippen molar-refractivity contribution < 1.29 is 9.84 Å². The number of ether oxygens (including phenoxy) is 1. The molecule has 82 valence electrons. The zero-order chi connectivity index (χ0) is 10.7. The van der Waals surface area contributed by atoms with Crippen LogP contribution in [0.5, 0.6) is 5.75 Å². The van der Waals surface area contributed by atoms with Crippen LogP contribution in [-0.4, -0.2) is 17.3 Å². The van der Waals surface area contributed by atoms with Crippen molar-refractivity contribution in [3.8, 4) is 5.75 Å². The van der Waals surface area contributed by atoms with Gasteiger partial charge in [-0.1, -0.05) is 11.6 Å². The third kappa shape index (κ3) is 3.11. The molecule has 0 radical (unpaired) electrons. The van der Waals surface area contributed by atoms with Crippen molar-refractivity contribution in [2.75, 3.05) is 0 Å². The second-order valence-corrected chi connectivity index (χ2v) is 4.44. The summed E-state index contributed by atoms with van der Waals surface area (Å²) < 4.78 is 5.79. The Morgan fingerprint density at radius 3 is 2.27 bits per heavy atom. The van der Waals surface area contributed by atoms with Crippen molar-refractivity contribution in [1.29, 1.82) is 0 Å². The fraction of sp³-hybridized carbons (Fsp3) is 0.500. The summed E-state index contributed by atoms with van der Waals surface area (Å²) in [5, 5.41) is 10.1. The second kappa shape index (κ2) is 4.86. The molecule has 1 aliphatic rings. The van der Waals surface area contributed by atoms with Gasteiger partial charge in [0.25, 0.3) is 0 Å². The molecule has 0 amide bonds. The van der Waals surface area contributed by atoms with Gasteiger partial charge in [-0.25, -0.2) is 0 Å². The molecule has 1 fully saturated rings. The van der Waals surface area contributed by atoms with E-state index < -0.39 is 0 Å². The number of aliphatic hydroxyl groups is 1. The number of hydrogen-bond acceptors (Lipinski definition) is 2. The Labute approximate surface area is 94.8 Å². The lowest BCUT2D eigenvalue weighted by molar-refractivity contribution is 0.0666. The van der Waals surface area contributed by atoms with Crippen molar-refractivity contribution in [3.63, 3.8) is 0 Å². The largest absolute Gasteiger partial charge is 0.490 e. The van der Waals surface area contributed by atoms with Crippen molar-refractivity contribution in [2.24, 2.45) is 0 Å². The fourth-order valence-electron chi connectivity index (χ4n) is 1.87. The summed E-state index contributed by atoms with van der Waals surface area (Å²) >= 11 is 5.78. The molecule has 0 spiro atoms. The van der Waals surface area contributed by atoms with E-state index >= 15 is 0 Å². The lowest BCUT2D eigenvalue weighted by Crippen LogP contribution is -2.26. The Bertz CT molecular complexity index is 302. The molecule has 1 aromatic rings. The van der Waals surface area contributed by atoms with E-state index in [1.165, 1.54) is 0 Å². The minimum Gasteiger partial charge on any atom is -0.490 e. The summed E-state index contributed by atoms with van der Waals surface area (Å²) in [6.07, 6.45) is 3.68. The van der Waals surface area contributed by atoms with E-state index in [2.05, 4.69) is 0 Å². The zero-order valence-corrected chi connectivity index (χ0v) is 9.28. The van der Waals surface area contributed by atoms with Crippen LogP contribution in [-0.2, 0) is 0 Å². The summed E-state index contributed by atoms with van der Waals surface area (Å²) in [5.41, 5.74) is 0. The molecule has 0 saturated heterocycles. The van der Waals surface area contributed by atoms with E-state index in [-0.39, 0.29) is 12.2 Å². The molecular weight excluding hydrogens is 212 g/mol. The molecular formula is C12H15ClO2. The minimum absolute atomic E-state index is 0.130. The van der Waals surface area contributed by atoms with E-state index in [0.29, 0.717) is 0 Å². The van der Waals surface area contributed by atoms with Gasteiger partial charge in [0.1, 0.15) is 5.75 Å². The van der Waals surface area contributed by atoms with Gasteiger partial charge in [-0.2, -0.15) is 0 Å². The fourth-order valence-corrected chi connectivity index (χ4v) is 1.99. The molecule has 2 nitrogen and oxygen atoms in total. The molecule has 0 heterocycles. The number of benzene rings is 1. The Hall–Kier alpha value is -0.730. The molecule has 3 heteroatoms. The SMILES string of the molecule is OC1CCC(Oc2ccc(Cl)cc2)CC1. The maximum absolute atomic E-state index is 9.36. The molecule has 15 heavy (non-hydrogen) atoms. The minimum atomic E-state index is -0.130. The molecule has 0 unspecified atom stereocenters. The van der Waals surface area contributed by atoms with Crippen LogP contribution in [0, 0.1) is 0 Å². The average molecular weight is 227 g/mol. The number of halogens is 1. The van der Waals surface area contributed by atoms with Crippen molar-refractivity contribution in [1.82, 2.24) is 0 Å². The quantitative estimate of drug-likeness (QED) is 0.840. The molecule has 1 aliphatic carbocycles. The highest BCUT2D eigenvalue weighted by Gasteiger charge is 2.20. The van der Waals surface area contributed by atoms with Crippen LogP contribution in [0.15, 0.2) is 24.3 Å². The lowest BCUT2D eigenvalue weighted by atomic mass is 9.95. The molecule has 1 aromatic carbocycles. The van der Waals surface area contributed by atoms with Crippen LogP contribution in [0.25, 0.3) is 0 Å². The highest BCUT2D eigenvalue weighted by molar-refractivity contribution is 6.30. The van der Waals surface area contributed by atoms with E-state index in [0.717, 1.165) is 36.5 Å². The van der Waals surface area contributed by atoms with Gasteiger partial charge >= 0.3 is 0 Å². The molecule has 1 saturated carbocycles. The van der Waals surface area contributed by atoms with Crippen LogP contribution in [0.2, 0.25) is 5.02 Å². The Morgan fingerprint density at radius 2 is 1.67 bits per heavy atom. The van der Waals surface area contributed by atoms with Gasteiger partial charge < -0.3 is 9.84 Å². The highest BCUT2D eigenvalue weighted by atomic mass is 35.5. The second-order valence-electron chi connectivity index (χ2n) is 4.00. The predicted octanol–water partition coefficient (Wildman–Crippen LogP) is 3.02. The number of rotatable bonds is 2. The van der Waals surface area contributed by atoms with Crippen molar-refractivity contribution in [3.05, 3.63) is 29.3 Å². The first-order valence-corrected chi connectivity index (χ1v) is 5.72. The number of hydrogen-bond donors (Lipinski definition) is 1. The van der Waals surface area contributed by atoms with E-state index in [9.17, 15) is 5.11 Å². The zero-order valence-electron chi connectivity index (χ0n) is 8.53. The van der Waals surface area contributed by atoms with Gasteiger partial charge in [-0.05, 0) is 49.9 Å². The Kier molecular flexibility index (Phi) is 3.49. The van der Waals surface area contributed by atoms with Crippen LogP contribution < -0.4 is 4.74 Å². The standard InChI is InChI=1S/C12H15ClO2/c13-9-1-5-11(6-2-9)15-12-7-3-10(14)4-8-12/h1-2,5-6,10,12,14H,3-4,7-8H2. The van der Waals surface area contributed by atoms with Gasteiger partial charge in [-0.15, -0.1) is 0 Å². The molecule has 1 N–H and O–H groups in total. The van der Waals surface area contributed by atoms with Crippen LogP contribution in [0.3, 0.4) is 0 Å². The topological polar surface area (TPSA) is 29.5 Å². The molecule has 0 aliphatic heterocycles. The molecule has 0 atom stereocenters. The lowest BCUT2D eigenvalue weighted by Gasteiger charge is -2.26. The van der Waals surface area contributed by atoms with Crippen LogP contribution >= 0.6 is 11.6 Å². The maximum Gasteiger partial charge on any atom is 0.119 e. The third-order valence-corrected chi connectivity index (χ3v) is 3.01. The first-order valence-electron chi connectivity index (χ1n) is 5.34. The first kappa shape index (κ1) is 10.8. The maximum atomic E-state index is 9.36. The van der Waals surface area contributed by atoms with Gasteiger partial charge in [0, 0.05) is 5.02 Å². The normalized spacial score (nSPS) is 26.3. The smallest absolute Gasteiger partial charge is 0.119 e. The van der Waals surface area contributed by atoms with Gasteiger partial charge in [-0.3, -0.25) is 0 Å². The molecule has 2 rings (SSSR count). The van der Waals surface area contributed by atoms with E-state index in [1.807, 2.05) is 24.3 Å². The van der Waals surface area contributed by atoms with Gasteiger partial charge in [0.05, 0.1) is 12.2 Å². The highest BCUT2D eigenvalue weighted by Crippen LogP contribution is 2.24. The van der Waals surface area contributed by atoms with Crippen molar-refractivity contribution >= 4 is 11.6 Å². The van der Waals surface area contributed by atoms with Crippen LogP contribution in [0.1, 0.15) is 25.7 Å². The Balaban J connectivity index is 1.89. The van der Waals surface area contributed by atoms with Gasteiger partial charge in [0.15, 0.2) is 0 Å². The van der Waals surface area contributed by atoms with E-state index in [4.69, 9.17) is 16.3 Å². The Morgan fingerprint density at radius 1 is 1.07 bits per heavy atom. The van der Waals surface area contributed by atoms with Crippen LogP contribution in [0.4, 0.5) is 0 Å². The summed E-state index contributed by atoms with van der Waals surface area (Å²) in [6.45, 7) is 0. The first-order chi connectivity index (χ1) is 7.24.